The molecular formula is C21H20ClN3O3S. The molecule has 0 saturated heterocycles. The lowest BCUT2D eigenvalue weighted by atomic mass is 10.1. The number of ether oxygens (including phenoxy) is 1. The predicted octanol–water partition coefficient (Wildman–Crippen LogP) is 4.62. The van der Waals surface area contributed by atoms with Gasteiger partial charge in [0.1, 0.15) is 0 Å². The lowest BCUT2D eigenvalue weighted by molar-refractivity contribution is -0.117. The van der Waals surface area contributed by atoms with Gasteiger partial charge in [-0.1, -0.05) is 65.8 Å². The Hall–Kier alpha value is -2.77. The Labute approximate surface area is 178 Å². The lowest BCUT2D eigenvalue weighted by Gasteiger charge is -2.12. The first-order valence-electron chi connectivity index (χ1n) is 9.01. The smallest absolute Gasteiger partial charge is 0.413 e. The molecule has 3 aromatic rings. The molecule has 0 aliphatic carbocycles. The van der Waals surface area contributed by atoms with E-state index in [1.165, 1.54) is 11.8 Å². The van der Waals surface area contributed by atoms with Crippen molar-refractivity contribution in [3.05, 3.63) is 71.4 Å². The highest BCUT2D eigenvalue weighted by Crippen LogP contribution is 2.28. The molecule has 0 saturated carbocycles. The minimum Gasteiger partial charge on any atom is -0.450 e. The van der Waals surface area contributed by atoms with E-state index in [2.05, 4.69) is 10.3 Å². The summed E-state index contributed by atoms with van der Waals surface area (Å²) in [5, 5.41) is 3.53. The van der Waals surface area contributed by atoms with Crippen molar-refractivity contribution in [2.45, 2.75) is 18.6 Å². The van der Waals surface area contributed by atoms with E-state index in [9.17, 15) is 9.59 Å². The fourth-order valence-corrected chi connectivity index (χ4v) is 3.60. The number of thioether (sulfide) groups is 1. The number of hydrogen-bond donors (Lipinski definition) is 1. The zero-order valence-electron chi connectivity index (χ0n) is 15.8. The minimum absolute atomic E-state index is 0.0463. The molecule has 1 N–H and O–H groups in total. The molecule has 1 heterocycles. The van der Waals surface area contributed by atoms with Gasteiger partial charge < -0.3 is 9.30 Å². The Morgan fingerprint density at radius 2 is 1.86 bits per heavy atom. The summed E-state index contributed by atoms with van der Waals surface area (Å²) in [5.74, 6) is -0.388. The number of nitrogens with one attached hydrogen (secondary N) is 1. The van der Waals surface area contributed by atoms with Gasteiger partial charge in [-0.15, -0.1) is 0 Å². The second-order valence-electron chi connectivity index (χ2n) is 6.06. The molecule has 2 amide bonds. The van der Waals surface area contributed by atoms with Crippen LogP contribution in [0, 0.1) is 0 Å². The number of amides is 2. The second kappa shape index (κ2) is 10.1. The molecule has 29 heavy (non-hydrogen) atoms. The molecule has 0 spiro atoms. The first-order valence-corrected chi connectivity index (χ1v) is 10.4. The van der Waals surface area contributed by atoms with Crippen molar-refractivity contribution in [2.24, 2.45) is 0 Å². The zero-order chi connectivity index (χ0) is 20.6. The fourth-order valence-electron chi connectivity index (χ4n) is 2.69. The summed E-state index contributed by atoms with van der Waals surface area (Å²) in [6, 6.07) is 17.5. The van der Waals surface area contributed by atoms with E-state index < -0.39 is 12.0 Å². The van der Waals surface area contributed by atoms with Gasteiger partial charge in [0.25, 0.3) is 0 Å². The number of halogens is 1. The number of benzene rings is 2. The van der Waals surface area contributed by atoms with Crippen LogP contribution in [0.25, 0.3) is 11.3 Å². The Morgan fingerprint density at radius 3 is 2.55 bits per heavy atom. The first-order chi connectivity index (χ1) is 14.1. The summed E-state index contributed by atoms with van der Waals surface area (Å²) in [6.45, 7) is 2.48. The number of aromatic nitrogens is 2. The molecule has 0 fully saturated rings. The van der Waals surface area contributed by atoms with Gasteiger partial charge in [0.15, 0.2) is 5.16 Å². The Kier molecular flexibility index (Phi) is 7.32. The fraction of sp³-hybridized carbons (Fsp3) is 0.190. The number of carbonyl (C=O) groups is 2. The molecular weight excluding hydrogens is 410 g/mol. The van der Waals surface area contributed by atoms with Crippen LogP contribution < -0.4 is 5.32 Å². The van der Waals surface area contributed by atoms with Crippen molar-refractivity contribution in [1.29, 1.82) is 0 Å². The topological polar surface area (TPSA) is 73.2 Å². The Bertz CT molecular complexity index is 975. The number of hydrogen-bond acceptors (Lipinski definition) is 5. The lowest BCUT2D eigenvalue weighted by Crippen LogP contribution is -2.32. The predicted molar refractivity (Wildman–Crippen MR) is 114 cm³/mol. The third-order valence-electron chi connectivity index (χ3n) is 3.99. The van der Waals surface area contributed by atoms with Gasteiger partial charge in [-0.2, -0.15) is 0 Å². The van der Waals surface area contributed by atoms with Gasteiger partial charge in [-0.05, 0) is 30.2 Å². The molecule has 8 heteroatoms. The van der Waals surface area contributed by atoms with Crippen molar-refractivity contribution in [3.63, 3.8) is 0 Å². The van der Waals surface area contributed by atoms with Gasteiger partial charge in [-0.3, -0.25) is 10.1 Å². The molecule has 0 aliphatic heterocycles. The van der Waals surface area contributed by atoms with E-state index in [1.807, 2.05) is 59.2 Å². The molecule has 2 aromatic carbocycles. The van der Waals surface area contributed by atoms with Crippen LogP contribution in [0.3, 0.4) is 0 Å². The third-order valence-corrected chi connectivity index (χ3v) is 5.23. The molecule has 0 bridgehead atoms. The minimum atomic E-state index is -0.743. The van der Waals surface area contributed by atoms with Gasteiger partial charge in [-0.25, -0.2) is 9.78 Å². The van der Waals surface area contributed by atoms with Crippen molar-refractivity contribution in [2.75, 3.05) is 12.4 Å². The van der Waals surface area contributed by atoms with Gasteiger partial charge in [0, 0.05) is 5.02 Å². The van der Waals surface area contributed by atoms with E-state index in [-0.39, 0.29) is 12.4 Å². The highest BCUT2D eigenvalue weighted by molar-refractivity contribution is 7.99. The van der Waals surface area contributed by atoms with E-state index in [1.54, 1.807) is 13.1 Å². The maximum atomic E-state index is 12.0. The summed E-state index contributed by atoms with van der Waals surface area (Å²) in [5.41, 5.74) is 3.00. The summed E-state index contributed by atoms with van der Waals surface area (Å²) < 4.78 is 6.77. The number of nitrogens with zero attached hydrogens (tertiary/aromatic N) is 2. The molecule has 150 valence electrons. The summed E-state index contributed by atoms with van der Waals surface area (Å²) in [7, 11) is 0. The molecule has 3 rings (SSSR count). The van der Waals surface area contributed by atoms with Crippen molar-refractivity contribution in [3.8, 4) is 11.3 Å². The number of imidazole rings is 1. The van der Waals surface area contributed by atoms with Crippen molar-refractivity contribution in [1.82, 2.24) is 14.9 Å². The molecule has 0 atom stereocenters. The van der Waals surface area contributed by atoms with E-state index in [0.717, 1.165) is 16.8 Å². The monoisotopic (exact) mass is 429 g/mol. The third kappa shape index (κ3) is 5.85. The Morgan fingerprint density at radius 1 is 1.14 bits per heavy atom. The summed E-state index contributed by atoms with van der Waals surface area (Å²) >= 11 is 7.27. The zero-order valence-corrected chi connectivity index (χ0v) is 17.4. The van der Waals surface area contributed by atoms with E-state index >= 15 is 0 Å². The van der Waals surface area contributed by atoms with Crippen LogP contribution in [0.5, 0.6) is 0 Å². The van der Waals surface area contributed by atoms with Crippen molar-refractivity contribution < 1.29 is 14.3 Å². The average Bonchev–Trinajstić information content (AvgIpc) is 3.10. The normalized spacial score (nSPS) is 10.6. The molecule has 0 unspecified atom stereocenters. The average molecular weight is 430 g/mol. The van der Waals surface area contributed by atoms with Crippen LogP contribution in [-0.4, -0.2) is 33.9 Å². The first kappa shape index (κ1) is 21.0. The van der Waals surface area contributed by atoms with Crippen LogP contribution >= 0.6 is 23.4 Å². The van der Waals surface area contributed by atoms with Crippen molar-refractivity contribution >= 4 is 35.4 Å². The van der Waals surface area contributed by atoms with Crippen LogP contribution in [0.2, 0.25) is 5.02 Å². The standard InChI is InChI=1S/C21H20ClN3O3S/c1-2-28-21(27)24-19(26)14-29-20-23-12-18(16-8-10-17(22)11-9-16)25(20)13-15-6-4-3-5-7-15/h3-12H,2,13-14H2,1H3,(H,24,26,27). The Balaban J connectivity index is 1.81. The molecule has 0 radical (unpaired) electrons. The summed E-state index contributed by atoms with van der Waals surface area (Å²) in [4.78, 5) is 27.9. The maximum Gasteiger partial charge on any atom is 0.413 e. The largest absolute Gasteiger partial charge is 0.450 e. The highest BCUT2D eigenvalue weighted by Gasteiger charge is 2.15. The number of carbonyl (C=O) groups excluding carboxylic acids is 2. The number of alkyl carbamates (subject to hydrolysis) is 1. The molecule has 0 aliphatic rings. The maximum absolute atomic E-state index is 12.0. The highest BCUT2D eigenvalue weighted by atomic mass is 35.5. The van der Waals surface area contributed by atoms with Crippen LogP contribution in [0.15, 0.2) is 66.0 Å². The van der Waals surface area contributed by atoms with Gasteiger partial charge >= 0.3 is 6.09 Å². The quantitative estimate of drug-likeness (QED) is 0.555. The van der Waals surface area contributed by atoms with Crippen LogP contribution in [0.1, 0.15) is 12.5 Å². The van der Waals surface area contributed by atoms with Crippen LogP contribution in [-0.2, 0) is 16.1 Å². The van der Waals surface area contributed by atoms with Gasteiger partial charge in [0.05, 0.1) is 30.8 Å². The molecule has 6 nitrogen and oxygen atoms in total. The molecule has 1 aromatic heterocycles. The SMILES string of the molecule is CCOC(=O)NC(=O)CSc1ncc(-c2ccc(Cl)cc2)n1Cc1ccccc1. The van der Waals surface area contributed by atoms with E-state index in [4.69, 9.17) is 16.3 Å². The number of rotatable bonds is 7. The summed E-state index contributed by atoms with van der Waals surface area (Å²) in [6.07, 6.45) is 1.03. The van der Waals surface area contributed by atoms with Crippen LogP contribution in [0.4, 0.5) is 4.79 Å². The van der Waals surface area contributed by atoms with E-state index in [0.29, 0.717) is 16.7 Å². The number of imide groups is 1. The van der Waals surface area contributed by atoms with Gasteiger partial charge in [0.2, 0.25) is 5.91 Å². The second-order valence-corrected chi connectivity index (χ2v) is 7.44.